The normalized spacial score (nSPS) is 23.5. The molecule has 4 rings (SSSR count). The van der Waals surface area contributed by atoms with Gasteiger partial charge in [-0.05, 0) is 55.4 Å². The first-order chi connectivity index (χ1) is 20.0. The van der Waals surface area contributed by atoms with E-state index in [0.717, 1.165) is 49.7 Å². The first-order valence-electron chi connectivity index (χ1n) is 14.4. The summed E-state index contributed by atoms with van der Waals surface area (Å²) >= 11 is 0. The molecule has 13 heteroatoms. The maximum absolute atomic E-state index is 13.7. The van der Waals surface area contributed by atoms with Gasteiger partial charge in [-0.25, -0.2) is 13.0 Å². The molecule has 2 unspecified atom stereocenters. The van der Waals surface area contributed by atoms with Gasteiger partial charge in [-0.3, -0.25) is 18.8 Å². The van der Waals surface area contributed by atoms with Gasteiger partial charge in [0.15, 0.2) is 0 Å². The van der Waals surface area contributed by atoms with Crippen molar-refractivity contribution in [2.75, 3.05) is 20.7 Å². The summed E-state index contributed by atoms with van der Waals surface area (Å²) in [6, 6.07) is 12.2. The van der Waals surface area contributed by atoms with E-state index >= 15 is 0 Å². The topological polar surface area (TPSA) is 161 Å². The molecule has 1 amide bonds. The summed E-state index contributed by atoms with van der Waals surface area (Å²) < 4.78 is 52.4. The molecule has 1 heterocycles. The Hall–Kier alpha value is -2.60. The monoisotopic (exact) mass is 620 g/mol. The molecule has 2 aromatic carbocycles. The highest BCUT2D eigenvalue weighted by molar-refractivity contribution is 7.89. The lowest BCUT2D eigenvalue weighted by Crippen LogP contribution is -2.50. The summed E-state index contributed by atoms with van der Waals surface area (Å²) in [5, 5.41) is 0. The third-order valence-electron chi connectivity index (χ3n) is 7.93. The van der Waals surface area contributed by atoms with Crippen molar-refractivity contribution < 1.29 is 31.7 Å². The predicted octanol–water partition coefficient (Wildman–Crippen LogP) is 4.06. The van der Waals surface area contributed by atoms with E-state index in [1.165, 1.54) is 12.1 Å². The third kappa shape index (κ3) is 8.49. The number of amidine groups is 1. The Kier molecular flexibility index (Phi) is 11.0. The van der Waals surface area contributed by atoms with Gasteiger partial charge in [-0.2, -0.15) is 4.72 Å². The van der Waals surface area contributed by atoms with Crippen molar-refractivity contribution in [3.8, 4) is 0 Å². The number of carbonyl (C=O) groups is 1. The molecule has 1 aliphatic heterocycles. The zero-order valence-electron chi connectivity index (χ0n) is 24.1. The first kappa shape index (κ1) is 32.3. The molecule has 0 aromatic heterocycles. The van der Waals surface area contributed by atoms with Crippen molar-refractivity contribution in [2.45, 2.75) is 80.9 Å². The van der Waals surface area contributed by atoms with Crippen molar-refractivity contribution in [3.05, 3.63) is 65.2 Å². The van der Waals surface area contributed by atoms with Crippen LogP contribution in [-0.4, -0.2) is 62.7 Å². The molecule has 2 aromatic rings. The SMILES string of the molecule is CN=C(N)c1ccc(CC(NS(=O)(=O)c2ccc([C@@H]3CCCCCOP(=O)(O)O3)cc2)C(=O)N(C)C2CCCC2)cc1. The fourth-order valence-electron chi connectivity index (χ4n) is 5.45. The number of rotatable bonds is 9. The summed E-state index contributed by atoms with van der Waals surface area (Å²) in [7, 11) is -5.00. The molecule has 3 atom stereocenters. The largest absolute Gasteiger partial charge is 0.472 e. The molecular formula is C29H41N4O7PS. The lowest BCUT2D eigenvalue weighted by Gasteiger charge is -2.29. The summed E-state index contributed by atoms with van der Waals surface area (Å²) in [5.74, 6) is 0.0903. The lowest BCUT2D eigenvalue weighted by molar-refractivity contribution is -0.133. The molecule has 1 aliphatic carbocycles. The average molecular weight is 621 g/mol. The number of benzene rings is 2. The molecule has 0 radical (unpaired) electrons. The van der Waals surface area contributed by atoms with Gasteiger partial charge < -0.3 is 15.5 Å². The van der Waals surface area contributed by atoms with E-state index in [0.29, 0.717) is 24.2 Å². The molecule has 230 valence electrons. The van der Waals surface area contributed by atoms with Crippen LogP contribution in [0.5, 0.6) is 0 Å². The van der Waals surface area contributed by atoms with Gasteiger partial charge in [-0.15, -0.1) is 0 Å². The smallest absolute Gasteiger partial charge is 0.384 e. The van der Waals surface area contributed by atoms with E-state index in [9.17, 15) is 22.7 Å². The van der Waals surface area contributed by atoms with Crippen LogP contribution >= 0.6 is 7.82 Å². The number of hydrogen-bond donors (Lipinski definition) is 3. The molecular weight excluding hydrogens is 579 g/mol. The number of sulfonamides is 1. The van der Waals surface area contributed by atoms with Crippen molar-refractivity contribution >= 4 is 29.6 Å². The second-order valence-corrected chi connectivity index (χ2v) is 14.0. The summed E-state index contributed by atoms with van der Waals surface area (Å²) in [5.41, 5.74) is 7.98. The van der Waals surface area contributed by atoms with Crippen LogP contribution in [0.25, 0.3) is 0 Å². The van der Waals surface area contributed by atoms with Gasteiger partial charge in [0, 0.05) is 25.7 Å². The van der Waals surface area contributed by atoms with E-state index in [2.05, 4.69) is 9.71 Å². The van der Waals surface area contributed by atoms with E-state index in [1.54, 1.807) is 43.3 Å². The number of phosphoric acid groups is 1. The summed E-state index contributed by atoms with van der Waals surface area (Å²) in [6.45, 7) is 0.143. The number of aliphatic imine (C=N–C) groups is 1. The molecule has 4 N–H and O–H groups in total. The Balaban J connectivity index is 1.55. The van der Waals surface area contributed by atoms with Gasteiger partial charge in [-0.1, -0.05) is 62.1 Å². The van der Waals surface area contributed by atoms with Gasteiger partial charge in [0.25, 0.3) is 0 Å². The quantitative estimate of drug-likeness (QED) is 0.215. The van der Waals surface area contributed by atoms with Crippen molar-refractivity contribution in [2.24, 2.45) is 10.7 Å². The van der Waals surface area contributed by atoms with Crippen LogP contribution in [0, 0.1) is 0 Å². The number of nitrogens with one attached hydrogen (secondary N) is 1. The van der Waals surface area contributed by atoms with E-state index in [-0.39, 0.29) is 29.9 Å². The highest BCUT2D eigenvalue weighted by atomic mass is 32.2. The van der Waals surface area contributed by atoms with Crippen molar-refractivity contribution in [1.29, 1.82) is 0 Å². The Morgan fingerprint density at radius 3 is 2.36 bits per heavy atom. The van der Waals surface area contributed by atoms with Gasteiger partial charge in [0.2, 0.25) is 15.9 Å². The zero-order chi connectivity index (χ0) is 30.3. The molecule has 1 saturated heterocycles. The summed E-state index contributed by atoms with van der Waals surface area (Å²) in [6.07, 6.45) is 6.04. The van der Waals surface area contributed by atoms with Crippen LogP contribution in [0.2, 0.25) is 0 Å². The van der Waals surface area contributed by atoms with Crippen LogP contribution < -0.4 is 10.5 Å². The number of hydrogen-bond acceptors (Lipinski definition) is 7. The molecule has 0 spiro atoms. The fourth-order valence-corrected chi connectivity index (χ4v) is 7.61. The molecule has 1 saturated carbocycles. The maximum atomic E-state index is 13.7. The molecule has 42 heavy (non-hydrogen) atoms. The van der Waals surface area contributed by atoms with Gasteiger partial charge in [0.05, 0.1) is 17.6 Å². The predicted molar refractivity (Wildman–Crippen MR) is 160 cm³/mol. The molecule has 11 nitrogen and oxygen atoms in total. The van der Waals surface area contributed by atoms with E-state index < -0.39 is 30.0 Å². The van der Waals surface area contributed by atoms with Gasteiger partial charge >= 0.3 is 7.82 Å². The average Bonchev–Trinajstić information content (AvgIpc) is 3.54. The first-order valence-corrected chi connectivity index (χ1v) is 17.3. The Labute approximate surface area is 248 Å². The minimum atomic E-state index is -4.23. The number of carbonyl (C=O) groups excluding carboxylic acids is 1. The standard InChI is InChI=1S/C29H41N4O7PS/c1-31-28(30)23-13-11-21(12-14-23)20-26(29(34)33(2)24-8-5-6-9-24)32-42(37,38)25-17-15-22(16-18-25)27-10-4-3-7-19-39-41(35,36)40-27/h11-18,24,26-27,32H,3-10,19-20H2,1-2H3,(H2,30,31)(H,35,36)/t26?,27-/m0/s1. The van der Waals surface area contributed by atoms with Crippen LogP contribution in [0.15, 0.2) is 58.4 Å². The van der Waals surface area contributed by atoms with E-state index in [4.69, 9.17) is 14.8 Å². The van der Waals surface area contributed by atoms with Gasteiger partial charge in [0.1, 0.15) is 11.9 Å². The Bertz CT molecular complexity index is 1390. The number of likely N-dealkylation sites (N-methyl/N-ethyl adjacent to an activating group) is 1. The maximum Gasteiger partial charge on any atom is 0.472 e. The second kappa shape index (κ2) is 14.2. The van der Waals surface area contributed by atoms with Crippen LogP contribution in [0.3, 0.4) is 0 Å². The molecule has 0 bridgehead atoms. The Morgan fingerprint density at radius 2 is 1.71 bits per heavy atom. The number of amides is 1. The zero-order valence-corrected chi connectivity index (χ0v) is 25.9. The lowest BCUT2D eigenvalue weighted by atomic mass is 10.0. The highest BCUT2D eigenvalue weighted by Crippen LogP contribution is 2.50. The van der Waals surface area contributed by atoms with Crippen molar-refractivity contribution in [1.82, 2.24) is 9.62 Å². The molecule has 2 aliphatic rings. The fraction of sp³-hybridized carbons (Fsp3) is 0.517. The summed E-state index contributed by atoms with van der Waals surface area (Å²) in [4.78, 5) is 29.3. The minimum Gasteiger partial charge on any atom is -0.384 e. The highest BCUT2D eigenvalue weighted by Gasteiger charge is 2.33. The van der Waals surface area contributed by atoms with Crippen LogP contribution in [0.4, 0.5) is 0 Å². The second-order valence-electron chi connectivity index (χ2n) is 10.9. The number of nitrogens with two attached hydrogens (primary N) is 1. The third-order valence-corrected chi connectivity index (χ3v) is 10.5. The van der Waals surface area contributed by atoms with Crippen LogP contribution in [-0.2, 0) is 34.9 Å². The number of phosphoric ester groups is 1. The van der Waals surface area contributed by atoms with Crippen molar-refractivity contribution in [3.63, 3.8) is 0 Å². The van der Waals surface area contributed by atoms with Crippen LogP contribution in [0.1, 0.15) is 74.2 Å². The number of nitrogens with zero attached hydrogens (tertiary/aromatic N) is 2. The minimum absolute atomic E-state index is 0.0265. The van der Waals surface area contributed by atoms with E-state index in [1.807, 2.05) is 12.1 Å². The molecule has 2 fully saturated rings. The Morgan fingerprint density at radius 1 is 1.07 bits per heavy atom.